The highest BCUT2D eigenvalue weighted by atomic mass is 35.5. The quantitative estimate of drug-likeness (QED) is 0.777. The summed E-state index contributed by atoms with van der Waals surface area (Å²) in [5.74, 6) is -1.79. The number of rotatable bonds is 5. The number of urea groups is 1. The van der Waals surface area contributed by atoms with Crippen LogP contribution < -0.4 is 15.4 Å². The number of nitrogens with two attached hydrogens (primary N) is 1. The van der Waals surface area contributed by atoms with E-state index in [1.807, 2.05) is 0 Å². The molecule has 2 aliphatic carbocycles. The van der Waals surface area contributed by atoms with Crippen LogP contribution in [0.1, 0.15) is 38.5 Å². The molecular formula is C17H19ClFN3O3. The molecule has 0 spiro atoms. The third-order valence-electron chi connectivity index (χ3n) is 4.48. The van der Waals surface area contributed by atoms with Gasteiger partial charge in [0.25, 0.3) is 5.91 Å². The van der Waals surface area contributed by atoms with Crippen molar-refractivity contribution in [2.45, 2.75) is 44.6 Å². The van der Waals surface area contributed by atoms with Gasteiger partial charge < -0.3 is 10.5 Å². The van der Waals surface area contributed by atoms with Crippen LogP contribution in [0.15, 0.2) is 12.1 Å². The van der Waals surface area contributed by atoms with Crippen LogP contribution in [0.5, 0.6) is 5.75 Å². The summed E-state index contributed by atoms with van der Waals surface area (Å²) in [7, 11) is 0. The third kappa shape index (κ3) is 3.76. The summed E-state index contributed by atoms with van der Waals surface area (Å²) in [4.78, 5) is 24.7. The molecule has 0 aromatic heterocycles. The lowest BCUT2D eigenvalue weighted by atomic mass is 10.2. The molecule has 3 amide bonds. The predicted molar refractivity (Wildman–Crippen MR) is 91.8 cm³/mol. The van der Waals surface area contributed by atoms with Gasteiger partial charge in [-0.1, -0.05) is 11.6 Å². The number of hydrogen-bond donors (Lipinski definition) is 2. The molecule has 0 bridgehead atoms. The second-order valence-electron chi connectivity index (χ2n) is 6.43. The van der Waals surface area contributed by atoms with E-state index in [1.165, 1.54) is 6.07 Å². The van der Waals surface area contributed by atoms with Gasteiger partial charge in [-0.15, -0.1) is 0 Å². The minimum atomic E-state index is -1.15. The van der Waals surface area contributed by atoms with E-state index in [-0.39, 0.29) is 34.2 Å². The van der Waals surface area contributed by atoms with Crippen molar-refractivity contribution in [2.75, 3.05) is 4.90 Å². The van der Waals surface area contributed by atoms with E-state index >= 15 is 0 Å². The number of primary amides is 1. The number of anilines is 1. The summed E-state index contributed by atoms with van der Waals surface area (Å²) in [6.07, 6.45) is 5.20. The number of nitrogens with one attached hydrogen (secondary N) is 1. The fraction of sp³-hybridized carbons (Fsp3) is 0.471. The maximum absolute atomic E-state index is 14.4. The highest BCUT2D eigenvalue weighted by Gasteiger charge is 2.36. The first-order chi connectivity index (χ1) is 11.9. The number of carbonyl (C=O) groups excluding carboxylic acids is 2. The van der Waals surface area contributed by atoms with Gasteiger partial charge >= 0.3 is 6.03 Å². The van der Waals surface area contributed by atoms with Crippen LogP contribution in [0.4, 0.5) is 14.9 Å². The first-order valence-corrected chi connectivity index (χ1v) is 8.64. The minimum absolute atomic E-state index is 0.0293. The van der Waals surface area contributed by atoms with Crippen molar-refractivity contribution in [1.82, 2.24) is 0 Å². The van der Waals surface area contributed by atoms with E-state index in [0.29, 0.717) is 17.7 Å². The average molecular weight is 368 g/mol. The summed E-state index contributed by atoms with van der Waals surface area (Å²) in [5.41, 5.74) is 4.69. The minimum Gasteiger partial charge on any atom is -0.489 e. The number of hydrogen-bond acceptors (Lipinski definition) is 4. The zero-order valence-corrected chi connectivity index (χ0v) is 14.3. The second kappa shape index (κ2) is 7.00. The van der Waals surface area contributed by atoms with E-state index in [1.54, 1.807) is 0 Å². The van der Waals surface area contributed by atoms with Crippen LogP contribution in [0.2, 0.25) is 5.02 Å². The van der Waals surface area contributed by atoms with Gasteiger partial charge in [0.2, 0.25) is 0 Å². The number of ether oxygens (including phenoxy) is 1. The normalized spacial score (nSPS) is 17.4. The molecule has 3 N–H and O–H groups in total. The van der Waals surface area contributed by atoms with E-state index in [4.69, 9.17) is 27.5 Å². The lowest BCUT2D eigenvalue weighted by Gasteiger charge is -2.22. The Morgan fingerprint density at radius 3 is 2.44 bits per heavy atom. The van der Waals surface area contributed by atoms with Gasteiger partial charge in [-0.3, -0.25) is 10.2 Å². The predicted octanol–water partition coefficient (Wildman–Crippen LogP) is 3.64. The summed E-state index contributed by atoms with van der Waals surface area (Å²) >= 11 is 6.04. The Kier molecular flexibility index (Phi) is 4.94. The van der Waals surface area contributed by atoms with Gasteiger partial charge in [-0.05, 0) is 44.6 Å². The molecule has 0 unspecified atom stereocenters. The molecule has 8 heteroatoms. The molecule has 0 heterocycles. The Morgan fingerprint density at radius 2 is 1.88 bits per heavy atom. The highest BCUT2D eigenvalue weighted by Crippen LogP contribution is 2.36. The summed E-state index contributed by atoms with van der Waals surface area (Å²) in [6.45, 7) is 0. The van der Waals surface area contributed by atoms with E-state index in [2.05, 4.69) is 0 Å². The maximum atomic E-state index is 14.4. The van der Waals surface area contributed by atoms with Crippen molar-refractivity contribution < 1.29 is 18.7 Å². The van der Waals surface area contributed by atoms with Crippen LogP contribution >= 0.6 is 11.6 Å². The zero-order valence-electron chi connectivity index (χ0n) is 13.6. The van der Waals surface area contributed by atoms with Gasteiger partial charge in [0, 0.05) is 12.0 Å². The Morgan fingerprint density at radius 1 is 1.24 bits per heavy atom. The van der Waals surface area contributed by atoms with Crippen LogP contribution in [-0.4, -0.2) is 23.8 Å². The summed E-state index contributed by atoms with van der Waals surface area (Å²) in [5, 5.41) is 7.91. The molecule has 25 heavy (non-hydrogen) atoms. The molecule has 1 aromatic rings. The molecule has 134 valence electrons. The summed E-state index contributed by atoms with van der Waals surface area (Å²) < 4.78 is 20.2. The van der Waals surface area contributed by atoms with Gasteiger partial charge in [0.05, 0.1) is 16.8 Å². The molecule has 6 nitrogen and oxygen atoms in total. The lowest BCUT2D eigenvalue weighted by Crippen LogP contribution is -2.45. The Labute approximate surface area is 149 Å². The van der Waals surface area contributed by atoms with E-state index in [9.17, 15) is 14.0 Å². The van der Waals surface area contributed by atoms with Crippen molar-refractivity contribution in [3.63, 3.8) is 0 Å². The Hall–Kier alpha value is -2.15. The lowest BCUT2D eigenvalue weighted by molar-refractivity contribution is -0.112. The fourth-order valence-corrected chi connectivity index (χ4v) is 3.16. The average Bonchev–Trinajstić information content (AvgIpc) is 3.28. The van der Waals surface area contributed by atoms with Crippen molar-refractivity contribution >= 4 is 34.9 Å². The number of halogens is 2. The van der Waals surface area contributed by atoms with Gasteiger partial charge in [0.1, 0.15) is 17.3 Å². The molecule has 2 fully saturated rings. The van der Waals surface area contributed by atoms with Gasteiger partial charge in [-0.25, -0.2) is 14.1 Å². The molecule has 2 aliphatic rings. The van der Waals surface area contributed by atoms with Crippen LogP contribution in [0, 0.1) is 17.1 Å². The van der Waals surface area contributed by atoms with Crippen molar-refractivity contribution in [3.8, 4) is 5.75 Å². The molecular weight excluding hydrogens is 349 g/mol. The van der Waals surface area contributed by atoms with Crippen LogP contribution in [0.3, 0.4) is 0 Å². The standard InChI is InChI=1S/C17H19ClFN3O3/c18-11-7-12(19)13(8-14(11)25-10-3-1-2-4-10)22(17(21)24)16(23)15(20)9-5-6-9/h7-10,20H,1-6H2,(H2,21,24). The number of amides is 3. The van der Waals surface area contributed by atoms with Crippen LogP contribution in [-0.2, 0) is 4.79 Å². The second-order valence-corrected chi connectivity index (χ2v) is 6.83. The molecule has 0 saturated heterocycles. The maximum Gasteiger partial charge on any atom is 0.326 e. The van der Waals surface area contributed by atoms with Crippen molar-refractivity contribution in [2.24, 2.45) is 11.7 Å². The number of imide groups is 1. The molecule has 2 saturated carbocycles. The highest BCUT2D eigenvalue weighted by molar-refractivity contribution is 6.48. The van der Waals surface area contributed by atoms with Crippen molar-refractivity contribution in [3.05, 3.63) is 23.0 Å². The number of nitrogens with zero attached hydrogens (tertiary/aromatic N) is 1. The van der Waals surface area contributed by atoms with Crippen molar-refractivity contribution in [1.29, 1.82) is 5.41 Å². The monoisotopic (exact) mass is 367 g/mol. The Balaban J connectivity index is 1.92. The number of benzene rings is 1. The summed E-state index contributed by atoms with van der Waals surface area (Å²) in [6, 6.07) is 1.05. The van der Waals surface area contributed by atoms with E-state index < -0.39 is 17.8 Å². The first kappa shape index (κ1) is 17.7. The third-order valence-corrected chi connectivity index (χ3v) is 4.77. The molecule has 3 rings (SSSR count). The smallest absolute Gasteiger partial charge is 0.326 e. The molecule has 0 radical (unpaired) electrons. The van der Waals surface area contributed by atoms with Gasteiger partial charge in [-0.2, -0.15) is 0 Å². The SMILES string of the molecule is N=C(C(=O)N(C(N)=O)c1cc(OC2CCCC2)c(Cl)cc1F)C1CC1. The largest absolute Gasteiger partial charge is 0.489 e. The van der Waals surface area contributed by atoms with Crippen LogP contribution in [0.25, 0.3) is 0 Å². The Bertz CT molecular complexity index is 730. The molecule has 1 aromatic carbocycles. The van der Waals surface area contributed by atoms with E-state index in [0.717, 1.165) is 31.7 Å². The first-order valence-electron chi connectivity index (χ1n) is 8.26. The van der Waals surface area contributed by atoms with Gasteiger partial charge in [0.15, 0.2) is 0 Å². The molecule has 0 aliphatic heterocycles. The fourth-order valence-electron chi connectivity index (χ4n) is 2.96. The topological polar surface area (TPSA) is 96.5 Å². The molecule has 0 atom stereocenters. The number of carbonyl (C=O) groups is 2. The zero-order chi connectivity index (χ0) is 18.1.